The molecule has 158 valence electrons. The second-order valence-electron chi connectivity index (χ2n) is 7.26. The lowest BCUT2D eigenvalue weighted by molar-refractivity contribution is -0.123. The Morgan fingerprint density at radius 2 is 2.00 bits per heavy atom. The molecular formula is C19H30Cl2N4O3. The number of carbonyl (C=O) groups excluding carboxylic acids is 2. The van der Waals surface area contributed by atoms with Crippen LogP contribution in [-0.4, -0.2) is 54.7 Å². The minimum absolute atomic E-state index is 0. The van der Waals surface area contributed by atoms with Crippen LogP contribution in [-0.2, 0) is 9.59 Å². The number of carbonyl (C=O) groups is 2. The number of halogens is 2. The lowest BCUT2D eigenvalue weighted by Gasteiger charge is -2.19. The number of hydrogen-bond acceptors (Lipinski definition) is 5. The van der Waals surface area contributed by atoms with E-state index >= 15 is 0 Å². The Morgan fingerprint density at radius 1 is 1.29 bits per heavy atom. The first-order valence-electron chi connectivity index (χ1n) is 9.38. The fraction of sp³-hybridized carbons (Fsp3) is 0.579. The van der Waals surface area contributed by atoms with Crippen LogP contribution >= 0.6 is 24.8 Å². The third-order valence-electron chi connectivity index (χ3n) is 4.91. The third kappa shape index (κ3) is 6.81. The number of anilines is 2. The Hall–Kier alpha value is -1.54. The Balaban J connectivity index is 0.00000196. The molecule has 2 aliphatic rings. The number of aliphatic hydroxyl groups excluding tert-OH is 1. The fourth-order valence-corrected chi connectivity index (χ4v) is 3.56. The molecule has 7 nitrogen and oxygen atoms in total. The zero-order valence-corrected chi connectivity index (χ0v) is 17.7. The van der Waals surface area contributed by atoms with Crippen LogP contribution in [0.25, 0.3) is 0 Å². The summed E-state index contributed by atoms with van der Waals surface area (Å²) in [6.45, 7) is 4.36. The average molecular weight is 433 g/mol. The van der Waals surface area contributed by atoms with E-state index in [1.807, 2.05) is 25.1 Å². The molecule has 0 aliphatic carbocycles. The van der Waals surface area contributed by atoms with Crippen molar-refractivity contribution in [3.05, 3.63) is 24.3 Å². The second kappa shape index (κ2) is 11.5. The lowest BCUT2D eigenvalue weighted by atomic mass is 10.1. The van der Waals surface area contributed by atoms with Gasteiger partial charge in [-0.2, -0.15) is 0 Å². The van der Waals surface area contributed by atoms with Gasteiger partial charge in [0.05, 0.1) is 12.1 Å². The first-order valence-corrected chi connectivity index (χ1v) is 9.38. The molecule has 2 fully saturated rings. The summed E-state index contributed by atoms with van der Waals surface area (Å²) in [7, 11) is 0. The highest BCUT2D eigenvalue weighted by Gasteiger charge is 2.28. The Morgan fingerprint density at radius 3 is 2.64 bits per heavy atom. The molecule has 2 amide bonds. The minimum Gasteiger partial charge on any atom is -0.392 e. The highest BCUT2D eigenvalue weighted by Crippen LogP contribution is 2.23. The molecule has 2 heterocycles. The predicted octanol–water partition coefficient (Wildman–Crippen LogP) is 1.69. The van der Waals surface area contributed by atoms with Crippen LogP contribution in [0.4, 0.5) is 11.4 Å². The molecule has 9 heteroatoms. The van der Waals surface area contributed by atoms with Gasteiger partial charge in [0.2, 0.25) is 11.8 Å². The van der Waals surface area contributed by atoms with Crippen LogP contribution in [0.15, 0.2) is 24.3 Å². The normalized spacial score (nSPS) is 22.0. The summed E-state index contributed by atoms with van der Waals surface area (Å²) >= 11 is 0. The third-order valence-corrected chi connectivity index (χ3v) is 4.91. The number of nitrogens with one attached hydrogen (secondary N) is 3. The van der Waals surface area contributed by atoms with Gasteiger partial charge in [-0.1, -0.05) is 6.07 Å². The van der Waals surface area contributed by atoms with Crippen molar-refractivity contribution in [1.82, 2.24) is 10.6 Å². The minimum atomic E-state index is -0.479. The molecular weight excluding hydrogens is 403 g/mol. The van der Waals surface area contributed by atoms with E-state index in [2.05, 4.69) is 26.9 Å². The van der Waals surface area contributed by atoms with Crippen LogP contribution < -0.4 is 20.9 Å². The largest absolute Gasteiger partial charge is 0.392 e. The summed E-state index contributed by atoms with van der Waals surface area (Å²) in [6.07, 6.45) is 2.55. The summed E-state index contributed by atoms with van der Waals surface area (Å²) in [6, 6.07) is 7.23. The van der Waals surface area contributed by atoms with E-state index in [-0.39, 0.29) is 55.1 Å². The van der Waals surface area contributed by atoms with Crippen molar-refractivity contribution in [3.63, 3.8) is 0 Å². The molecule has 4 N–H and O–H groups in total. The monoisotopic (exact) mass is 432 g/mol. The molecule has 0 saturated carbocycles. The topological polar surface area (TPSA) is 93.7 Å². The van der Waals surface area contributed by atoms with Crippen LogP contribution in [0.3, 0.4) is 0 Å². The molecule has 1 aromatic carbocycles. The molecule has 3 unspecified atom stereocenters. The maximum atomic E-state index is 12.3. The van der Waals surface area contributed by atoms with Gasteiger partial charge in [-0.3, -0.25) is 9.59 Å². The number of nitrogens with zero attached hydrogens (tertiary/aromatic N) is 1. The predicted molar refractivity (Wildman–Crippen MR) is 116 cm³/mol. The standard InChI is InChI=1S/C19H28N4O3.2ClH/c1-13(21-19(26)17-11-16(24)12-20-17)9-18(25)22-14-5-4-6-15(10-14)23-7-2-3-8-23;;/h4-6,10,13,16-17,20,24H,2-3,7-9,11-12H2,1H3,(H,21,26)(H,22,25);2*1H. The quantitative estimate of drug-likeness (QED) is 0.548. The van der Waals surface area contributed by atoms with Crippen molar-refractivity contribution in [2.24, 2.45) is 0 Å². The molecule has 0 spiro atoms. The zero-order valence-electron chi connectivity index (χ0n) is 16.0. The number of rotatable bonds is 6. The molecule has 1 aromatic rings. The Bertz CT molecular complexity index is 656. The first kappa shape index (κ1) is 24.5. The van der Waals surface area contributed by atoms with Crippen molar-refractivity contribution in [1.29, 1.82) is 0 Å². The second-order valence-corrected chi connectivity index (χ2v) is 7.26. The molecule has 28 heavy (non-hydrogen) atoms. The lowest BCUT2D eigenvalue weighted by Crippen LogP contribution is -2.45. The summed E-state index contributed by atoms with van der Waals surface area (Å²) < 4.78 is 0. The maximum Gasteiger partial charge on any atom is 0.237 e. The van der Waals surface area contributed by atoms with Gasteiger partial charge >= 0.3 is 0 Å². The van der Waals surface area contributed by atoms with Gasteiger partial charge < -0.3 is 26.0 Å². The fourth-order valence-electron chi connectivity index (χ4n) is 3.56. The number of benzene rings is 1. The Kier molecular flexibility index (Phi) is 10.0. The van der Waals surface area contributed by atoms with Gasteiger partial charge in [0.1, 0.15) is 0 Å². The highest BCUT2D eigenvalue weighted by atomic mass is 35.5. The van der Waals surface area contributed by atoms with E-state index in [4.69, 9.17) is 0 Å². The number of aliphatic hydroxyl groups is 1. The summed E-state index contributed by atoms with van der Waals surface area (Å²) in [5.41, 5.74) is 1.91. The van der Waals surface area contributed by atoms with Crippen molar-refractivity contribution >= 4 is 48.0 Å². The average Bonchev–Trinajstić information content (AvgIpc) is 3.26. The van der Waals surface area contributed by atoms with Gasteiger partial charge in [-0.05, 0) is 44.4 Å². The van der Waals surface area contributed by atoms with Crippen molar-refractivity contribution in [3.8, 4) is 0 Å². The van der Waals surface area contributed by atoms with Crippen LogP contribution in [0.5, 0.6) is 0 Å². The summed E-state index contributed by atoms with van der Waals surface area (Å²) in [5, 5.41) is 18.2. The number of hydrogen-bond donors (Lipinski definition) is 4. The van der Waals surface area contributed by atoms with Crippen LogP contribution in [0, 0.1) is 0 Å². The maximum absolute atomic E-state index is 12.3. The van der Waals surface area contributed by atoms with Crippen LogP contribution in [0.2, 0.25) is 0 Å². The summed E-state index contributed by atoms with van der Waals surface area (Å²) in [4.78, 5) is 26.7. The number of β-amino-alcohol motifs (C(OH)–C–C–N with tert-alkyl or cyclic N) is 1. The van der Waals surface area contributed by atoms with Gasteiger partial charge in [-0.25, -0.2) is 0 Å². The van der Waals surface area contributed by atoms with Gasteiger partial charge in [0.25, 0.3) is 0 Å². The van der Waals surface area contributed by atoms with E-state index in [9.17, 15) is 14.7 Å². The van der Waals surface area contributed by atoms with E-state index in [1.54, 1.807) is 0 Å². The van der Waals surface area contributed by atoms with Crippen molar-refractivity contribution < 1.29 is 14.7 Å². The van der Waals surface area contributed by atoms with E-state index in [1.165, 1.54) is 12.8 Å². The smallest absolute Gasteiger partial charge is 0.237 e. The van der Waals surface area contributed by atoms with Crippen molar-refractivity contribution in [2.45, 2.75) is 50.8 Å². The van der Waals surface area contributed by atoms with Crippen LogP contribution in [0.1, 0.15) is 32.6 Å². The molecule has 0 aromatic heterocycles. The zero-order chi connectivity index (χ0) is 18.5. The van der Waals surface area contributed by atoms with Crippen molar-refractivity contribution in [2.75, 3.05) is 29.9 Å². The van der Waals surface area contributed by atoms with E-state index < -0.39 is 6.10 Å². The molecule has 2 saturated heterocycles. The Labute approximate surface area is 178 Å². The van der Waals surface area contributed by atoms with E-state index in [0.29, 0.717) is 13.0 Å². The summed E-state index contributed by atoms with van der Waals surface area (Å²) in [5.74, 6) is -0.298. The molecule has 0 radical (unpaired) electrons. The number of amides is 2. The molecule has 2 aliphatic heterocycles. The van der Waals surface area contributed by atoms with Gasteiger partial charge in [-0.15, -0.1) is 24.8 Å². The SMILES string of the molecule is CC(CC(=O)Nc1cccc(N2CCCC2)c1)NC(=O)C1CC(O)CN1.Cl.Cl. The van der Waals surface area contributed by atoms with E-state index in [0.717, 1.165) is 24.5 Å². The van der Waals surface area contributed by atoms with Gasteiger partial charge in [0.15, 0.2) is 0 Å². The first-order chi connectivity index (χ1) is 12.5. The molecule has 0 bridgehead atoms. The molecule has 3 atom stereocenters. The molecule has 3 rings (SSSR count). The van der Waals surface area contributed by atoms with Gasteiger partial charge in [0, 0.05) is 43.5 Å². The highest BCUT2D eigenvalue weighted by molar-refractivity contribution is 5.92.